The van der Waals surface area contributed by atoms with Gasteiger partial charge in [-0.15, -0.1) is 0 Å². The van der Waals surface area contributed by atoms with Crippen molar-refractivity contribution < 1.29 is 14.2 Å². The molecule has 0 radical (unpaired) electrons. The Hall–Kier alpha value is -0.160. The zero-order valence-corrected chi connectivity index (χ0v) is 13.0. The fourth-order valence-corrected chi connectivity index (χ4v) is 4.59. The molecule has 2 aliphatic heterocycles. The van der Waals surface area contributed by atoms with Crippen LogP contribution >= 0.6 is 0 Å². The number of rotatable bonds is 4. The molecule has 2 heterocycles. The van der Waals surface area contributed by atoms with Crippen molar-refractivity contribution in [1.82, 2.24) is 4.90 Å². The van der Waals surface area contributed by atoms with Gasteiger partial charge in [-0.1, -0.05) is 6.92 Å². The number of piperidine rings is 1. The van der Waals surface area contributed by atoms with Crippen LogP contribution in [-0.4, -0.2) is 56.7 Å². The van der Waals surface area contributed by atoms with E-state index in [-0.39, 0.29) is 5.79 Å². The van der Waals surface area contributed by atoms with E-state index in [0.717, 1.165) is 38.7 Å². The molecular weight excluding hydrogens is 254 g/mol. The number of nitrogens with zero attached hydrogens (tertiary/aromatic N) is 1. The summed E-state index contributed by atoms with van der Waals surface area (Å²) in [4.78, 5) is 2.71. The Balaban J connectivity index is 1.69. The third kappa shape index (κ3) is 2.89. The van der Waals surface area contributed by atoms with Gasteiger partial charge in [-0.05, 0) is 37.6 Å². The van der Waals surface area contributed by atoms with Crippen LogP contribution in [0.3, 0.4) is 0 Å². The zero-order valence-electron chi connectivity index (χ0n) is 13.0. The van der Waals surface area contributed by atoms with E-state index in [1.807, 2.05) is 7.11 Å². The lowest BCUT2D eigenvalue weighted by atomic mass is 9.72. The Labute approximate surface area is 122 Å². The maximum atomic E-state index is 5.95. The molecule has 3 aliphatic rings. The van der Waals surface area contributed by atoms with Crippen molar-refractivity contribution >= 4 is 0 Å². The summed E-state index contributed by atoms with van der Waals surface area (Å²) in [5, 5.41) is 0. The summed E-state index contributed by atoms with van der Waals surface area (Å²) in [5.41, 5.74) is 0. The van der Waals surface area contributed by atoms with Gasteiger partial charge in [0.2, 0.25) is 0 Å². The Kier molecular flexibility index (Phi) is 4.65. The second-order valence-electron chi connectivity index (χ2n) is 6.73. The smallest absolute Gasteiger partial charge is 0.168 e. The predicted octanol–water partition coefficient (Wildman–Crippen LogP) is 2.28. The molecule has 0 aromatic rings. The molecule has 0 amide bonds. The van der Waals surface area contributed by atoms with E-state index in [0.29, 0.717) is 11.8 Å². The van der Waals surface area contributed by atoms with Crippen molar-refractivity contribution in [2.75, 3.05) is 40.0 Å². The highest BCUT2D eigenvalue weighted by molar-refractivity contribution is 4.96. The van der Waals surface area contributed by atoms with Crippen LogP contribution in [-0.2, 0) is 14.2 Å². The quantitative estimate of drug-likeness (QED) is 0.792. The molecule has 20 heavy (non-hydrogen) atoms. The maximum Gasteiger partial charge on any atom is 0.168 e. The molecule has 0 N–H and O–H groups in total. The largest absolute Gasteiger partial charge is 0.384 e. The fourth-order valence-electron chi connectivity index (χ4n) is 4.59. The van der Waals surface area contributed by atoms with E-state index < -0.39 is 0 Å². The van der Waals surface area contributed by atoms with Crippen LogP contribution in [0.5, 0.6) is 0 Å². The van der Waals surface area contributed by atoms with Crippen LogP contribution in [0.25, 0.3) is 0 Å². The van der Waals surface area contributed by atoms with Crippen LogP contribution < -0.4 is 0 Å². The van der Waals surface area contributed by atoms with E-state index in [9.17, 15) is 0 Å². The molecule has 4 heteroatoms. The third-order valence-corrected chi connectivity index (χ3v) is 5.26. The predicted molar refractivity (Wildman–Crippen MR) is 77.6 cm³/mol. The minimum Gasteiger partial charge on any atom is -0.384 e. The molecule has 0 aromatic carbocycles. The first kappa shape index (κ1) is 14.8. The molecule has 3 atom stereocenters. The summed E-state index contributed by atoms with van der Waals surface area (Å²) in [5.74, 6) is 1.14. The van der Waals surface area contributed by atoms with E-state index in [1.54, 1.807) is 0 Å². The third-order valence-electron chi connectivity index (χ3n) is 5.26. The van der Waals surface area contributed by atoms with Gasteiger partial charge in [0.05, 0.1) is 19.8 Å². The monoisotopic (exact) mass is 283 g/mol. The molecule has 1 saturated carbocycles. The van der Waals surface area contributed by atoms with Gasteiger partial charge in [-0.25, -0.2) is 0 Å². The van der Waals surface area contributed by atoms with E-state index in [2.05, 4.69) is 11.8 Å². The summed E-state index contributed by atoms with van der Waals surface area (Å²) < 4.78 is 17.3. The van der Waals surface area contributed by atoms with Crippen LogP contribution in [0.1, 0.15) is 39.0 Å². The zero-order chi connectivity index (χ0) is 14.0. The Morgan fingerprint density at radius 1 is 1.30 bits per heavy atom. The lowest BCUT2D eigenvalue weighted by Crippen LogP contribution is -2.55. The molecule has 1 aliphatic carbocycles. The fraction of sp³-hybridized carbons (Fsp3) is 1.00. The minimum atomic E-state index is -0.242. The molecular formula is C16H29NO3. The summed E-state index contributed by atoms with van der Waals surface area (Å²) in [6, 6.07) is 0.737. The van der Waals surface area contributed by atoms with Crippen molar-refractivity contribution in [3.8, 4) is 0 Å². The summed E-state index contributed by atoms with van der Waals surface area (Å²) in [6.45, 7) is 7.14. The maximum absolute atomic E-state index is 5.95. The Morgan fingerprint density at radius 2 is 2.10 bits per heavy atom. The van der Waals surface area contributed by atoms with Gasteiger partial charge in [-0.3, -0.25) is 4.90 Å². The molecule has 3 rings (SSSR count). The molecule has 0 bridgehead atoms. The molecule has 1 spiro atoms. The Morgan fingerprint density at radius 3 is 2.80 bits per heavy atom. The van der Waals surface area contributed by atoms with Gasteiger partial charge < -0.3 is 14.2 Å². The average Bonchev–Trinajstić information content (AvgIpc) is 2.87. The minimum absolute atomic E-state index is 0.242. The van der Waals surface area contributed by atoms with Crippen LogP contribution in [0.4, 0.5) is 0 Å². The molecule has 0 aromatic heterocycles. The SMILES string of the molecule is CCCN1CC(COC)CC2CC3(CCC21)OCCO3. The molecule has 116 valence electrons. The topological polar surface area (TPSA) is 30.9 Å². The second-order valence-corrected chi connectivity index (χ2v) is 6.73. The standard InChI is InChI=1S/C16H29NO3/c1-3-6-17-11-13(12-18-2)9-14-10-16(5-4-15(14)17)19-7-8-20-16/h13-15H,3-12H2,1-2H3. The van der Waals surface area contributed by atoms with Gasteiger partial charge in [0.1, 0.15) is 0 Å². The van der Waals surface area contributed by atoms with Gasteiger partial charge in [0.25, 0.3) is 0 Å². The van der Waals surface area contributed by atoms with E-state index in [4.69, 9.17) is 14.2 Å². The highest BCUT2D eigenvalue weighted by atomic mass is 16.7. The normalized spacial score (nSPS) is 37.2. The van der Waals surface area contributed by atoms with Gasteiger partial charge >= 0.3 is 0 Å². The lowest BCUT2D eigenvalue weighted by Gasteiger charge is -2.50. The highest BCUT2D eigenvalue weighted by Crippen LogP contribution is 2.45. The number of hydrogen-bond donors (Lipinski definition) is 0. The number of methoxy groups -OCH3 is 1. The second kappa shape index (κ2) is 6.30. The van der Waals surface area contributed by atoms with Crippen molar-refractivity contribution in [1.29, 1.82) is 0 Å². The summed E-state index contributed by atoms with van der Waals surface area (Å²) in [6.07, 6.45) is 5.89. The van der Waals surface area contributed by atoms with Crippen molar-refractivity contribution in [3.63, 3.8) is 0 Å². The first-order valence-electron chi connectivity index (χ1n) is 8.27. The first-order valence-corrected chi connectivity index (χ1v) is 8.27. The van der Waals surface area contributed by atoms with Crippen molar-refractivity contribution in [3.05, 3.63) is 0 Å². The molecule has 4 nitrogen and oxygen atoms in total. The van der Waals surface area contributed by atoms with E-state index in [1.165, 1.54) is 32.4 Å². The Bertz CT molecular complexity index is 317. The number of likely N-dealkylation sites (tertiary alicyclic amines) is 1. The van der Waals surface area contributed by atoms with Crippen molar-refractivity contribution in [2.45, 2.75) is 50.9 Å². The first-order chi connectivity index (χ1) is 9.76. The molecule has 3 fully saturated rings. The van der Waals surface area contributed by atoms with Crippen LogP contribution in [0, 0.1) is 11.8 Å². The number of fused-ring (bicyclic) bond motifs is 1. The summed E-state index contributed by atoms with van der Waals surface area (Å²) in [7, 11) is 1.82. The highest BCUT2D eigenvalue weighted by Gasteiger charge is 2.48. The molecule has 3 unspecified atom stereocenters. The molecule has 2 saturated heterocycles. The van der Waals surface area contributed by atoms with Gasteiger partial charge in [0.15, 0.2) is 5.79 Å². The average molecular weight is 283 g/mol. The van der Waals surface area contributed by atoms with Gasteiger partial charge in [-0.2, -0.15) is 0 Å². The lowest BCUT2D eigenvalue weighted by molar-refractivity contribution is -0.204. The van der Waals surface area contributed by atoms with Crippen LogP contribution in [0.2, 0.25) is 0 Å². The number of ether oxygens (including phenoxy) is 3. The van der Waals surface area contributed by atoms with Gasteiger partial charge in [0, 0.05) is 32.5 Å². The van der Waals surface area contributed by atoms with Crippen molar-refractivity contribution in [2.24, 2.45) is 11.8 Å². The van der Waals surface area contributed by atoms with E-state index >= 15 is 0 Å². The number of hydrogen-bond acceptors (Lipinski definition) is 4. The summed E-state index contributed by atoms with van der Waals surface area (Å²) >= 11 is 0. The van der Waals surface area contributed by atoms with Crippen LogP contribution in [0.15, 0.2) is 0 Å².